The van der Waals surface area contributed by atoms with Crippen molar-refractivity contribution in [3.63, 3.8) is 0 Å². The van der Waals surface area contributed by atoms with Crippen molar-refractivity contribution in [3.05, 3.63) is 69.7 Å². The average Bonchev–Trinajstić information content (AvgIpc) is 3.44. The summed E-state index contributed by atoms with van der Waals surface area (Å²) < 4.78 is 3.02. The normalized spacial score (nSPS) is 11.1. The maximum Gasteiger partial charge on any atom is 0.205 e. The Kier molecular flexibility index (Phi) is 6.36. The lowest BCUT2D eigenvalue weighted by atomic mass is 9.98. The van der Waals surface area contributed by atoms with Crippen LogP contribution in [0, 0.1) is 0 Å². The number of aromatic nitrogens is 6. The highest BCUT2D eigenvalue weighted by Gasteiger charge is 2.17. The van der Waals surface area contributed by atoms with Crippen LogP contribution in [0.3, 0.4) is 0 Å². The molecule has 0 atom stereocenters. The third-order valence-electron chi connectivity index (χ3n) is 5.29. The first-order valence-electron chi connectivity index (χ1n) is 10.3. The number of aromatic amines is 1. The van der Waals surface area contributed by atoms with Gasteiger partial charge in [0, 0.05) is 16.5 Å². The molecule has 7 nitrogen and oxygen atoms in total. The summed E-state index contributed by atoms with van der Waals surface area (Å²) in [6.07, 6.45) is 3.49. The predicted molar refractivity (Wildman–Crippen MR) is 123 cm³/mol. The van der Waals surface area contributed by atoms with Gasteiger partial charge in [-0.15, -0.1) is 10.2 Å². The van der Waals surface area contributed by atoms with Crippen molar-refractivity contribution in [1.29, 1.82) is 0 Å². The van der Waals surface area contributed by atoms with Gasteiger partial charge >= 0.3 is 0 Å². The van der Waals surface area contributed by atoms with Gasteiger partial charge in [-0.1, -0.05) is 66.2 Å². The molecular formula is C23H23BrN6O. The minimum absolute atomic E-state index is 0.557. The van der Waals surface area contributed by atoms with E-state index in [1.54, 1.807) is 0 Å². The van der Waals surface area contributed by atoms with Crippen molar-refractivity contribution in [2.45, 2.75) is 39.7 Å². The first kappa shape index (κ1) is 21.1. The van der Waals surface area contributed by atoms with E-state index in [-0.39, 0.29) is 0 Å². The van der Waals surface area contributed by atoms with Crippen molar-refractivity contribution in [2.75, 3.05) is 0 Å². The molecule has 4 aromatic rings. The molecule has 0 aliphatic rings. The van der Waals surface area contributed by atoms with Gasteiger partial charge in [0.25, 0.3) is 0 Å². The zero-order valence-corrected chi connectivity index (χ0v) is 19.1. The van der Waals surface area contributed by atoms with Crippen molar-refractivity contribution >= 4 is 22.2 Å². The Hall–Kier alpha value is -3.13. The van der Waals surface area contributed by atoms with Crippen LogP contribution in [0.2, 0.25) is 0 Å². The standard InChI is InChI=1S/C23H23BrN6O/c1-3-7-22-25-20(4-2)21(14-31)30(22)13-16-11-10-15(12-19(16)24)17-8-5-6-9-18(17)23-26-28-29-27-23/h5-6,8-12,14H,3-4,7,13H2,1-2H3,(H,26,27,28,29). The number of hydrogen-bond acceptors (Lipinski definition) is 5. The maximum absolute atomic E-state index is 11.8. The Balaban J connectivity index is 1.71. The second-order valence-electron chi connectivity index (χ2n) is 7.25. The Labute approximate surface area is 189 Å². The van der Waals surface area contributed by atoms with Crippen LogP contribution in [-0.2, 0) is 19.4 Å². The number of benzene rings is 2. The van der Waals surface area contributed by atoms with Crippen LogP contribution in [0.15, 0.2) is 46.9 Å². The van der Waals surface area contributed by atoms with Crippen LogP contribution in [0.25, 0.3) is 22.5 Å². The lowest BCUT2D eigenvalue weighted by molar-refractivity contribution is 0.111. The zero-order chi connectivity index (χ0) is 21.8. The minimum atomic E-state index is 0.557. The molecule has 0 unspecified atom stereocenters. The summed E-state index contributed by atoms with van der Waals surface area (Å²) in [5.41, 5.74) is 5.59. The Morgan fingerprint density at radius 1 is 1.13 bits per heavy atom. The van der Waals surface area contributed by atoms with Crippen molar-refractivity contribution < 1.29 is 4.79 Å². The third-order valence-corrected chi connectivity index (χ3v) is 6.03. The minimum Gasteiger partial charge on any atom is -0.321 e. The van der Waals surface area contributed by atoms with Crippen molar-refractivity contribution in [2.24, 2.45) is 0 Å². The molecule has 2 aromatic heterocycles. The molecule has 0 bridgehead atoms. The Bertz CT molecular complexity index is 1200. The third kappa shape index (κ3) is 4.20. The number of imidazole rings is 1. The number of tetrazole rings is 1. The van der Waals surface area contributed by atoms with Gasteiger partial charge in [0.05, 0.1) is 12.2 Å². The molecule has 0 aliphatic carbocycles. The highest BCUT2D eigenvalue weighted by atomic mass is 79.9. The van der Waals surface area contributed by atoms with Gasteiger partial charge in [-0.2, -0.15) is 5.21 Å². The largest absolute Gasteiger partial charge is 0.321 e. The zero-order valence-electron chi connectivity index (χ0n) is 17.5. The smallest absolute Gasteiger partial charge is 0.205 e. The second-order valence-corrected chi connectivity index (χ2v) is 8.11. The van der Waals surface area contributed by atoms with E-state index in [9.17, 15) is 4.79 Å². The van der Waals surface area contributed by atoms with Gasteiger partial charge in [0.2, 0.25) is 5.82 Å². The molecule has 0 spiro atoms. The number of nitrogens with one attached hydrogen (secondary N) is 1. The average molecular weight is 479 g/mol. The molecule has 31 heavy (non-hydrogen) atoms. The number of nitrogens with zero attached hydrogens (tertiary/aromatic N) is 5. The maximum atomic E-state index is 11.8. The highest BCUT2D eigenvalue weighted by Crippen LogP contribution is 2.33. The second kappa shape index (κ2) is 9.34. The van der Waals surface area contributed by atoms with Crippen LogP contribution < -0.4 is 0 Å². The molecule has 0 saturated carbocycles. The number of carbonyl (C=O) groups is 1. The van der Waals surface area contributed by atoms with Crippen LogP contribution in [-0.4, -0.2) is 36.5 Å². The SMILES string of the molecule is CCCc1nc(CC)c(C=O)n1Cc1ccc(-c2ccccc2-c2nn[nH]n2)cc1Br. The molecule has 4 rings (SSSR count). The summed E-state index contributed by atoms with van der Waals surface area (Å²) in [4.78, 5) is 16.5. The Morgan fingerprint density at radius 2 is 1.94 bits per heavy atom. The molecule has 0 fully saturated rings. The highest BCUT2D eigenvalue weighted by molar-refractivity contribution is 9.10. The first-order valence-corrected chi connectivity index (χ1v) is 11.1. The van der Waals surface area contributed by atoms with E-state index in [1.807, 2.05) is 35.8 Å². The molecule has 158 valence electrons. The summed E-state index contributed by atoms with van der Waals surface area (Å²) in [5, 5.41) is 14.4. The van der Waals surface area contributed by atoms with Gasteiger partial charge in [-0.25, -0.2) is 4.98 Å². The first-order chi connectivity index (χ1) is 15.2. The van der Waals surface area contributed by atoms with E-state index in [0.29, 0.717) is 18.1 Å². The van der Waals surface area contributed by atoms with Crippen LogP contribution >= 0.6 is 15.9 Å². The van der Waals surface area contributed by atoms with Crippen molar-refractivity contribution in [1.82, 2.24) is 30.2 Å². The van der Waals surface area contributed by atoms with Gasteiger partial charge < -0.3 is 4.57 Å². The molecule has 1 N–H and O–H groups in total. The summed E-state index contributed by atoms with van der Waals surface area (Å²) in [5.74, 6) is 1.51. The summed E-state index contributed by atoms with van der Waals surface area (Å²) in [6, 6.07) is 14.2. The van der Waals surface area contributed by atoms with Crippen LogP contribution in [0.5, 0.6) is 0 Å². The summed E-state index contributed by atoms with van der Waals surface area (Å²) in [6.45, 7) is 4.74. The Morgan fingerprint density at radius 3 is 2.58 bits per heavy atom. The van der Waals surface area contributed by atoms with Gasteiger partial charge in [-0.05, 0) is 40.8 Å². The van der Waals surface area contributed by atoms with E-state index in [0.717, 1.165) is 63.8 Å². The van der Waals surface area contributed by atoms with E-state index in [2.05, 4.69) is 61.7 Å². The van der Waals surface area contributed by atoms with Gasteiger partial charge in [0.1, 0.15) is 11.5 Å². The lowest BCUT2D eigenvalue weighted by Crippen LogP contribution is -2.09. The summed E-state index contributed by atoms with van der Waals surface area (Å²) >= 11 is 3.74. The topological polar surface area (TPSA) is 89.4 Å². The van der Waals surface area contributed by atoms with E-state index in [1.165, 1.54) is 0 Å². The fourth-order valence-corrected chi connectivity index (χ4v) is 4.27. The molecule has 0 aliphatic heterocycles. The fraction of sp³-hybridized carbons (Fsp3) is 0.261. The molecule has 0 saturated heterocycles. The van der Waals surface area contributed by atoms with E-state index in [4.69, 9.17) is 4.98 Å². The van der Waals surface area contributed by atoms with E-state index >= 15 is 0 Å². The molecule has 8 heteroatoms. The number of carbonyl (C=O) groups excluding carboxylic acids is 1. The number of aldehydes is 1. The van der Waals surface area contributed by atoms with E-state index < -0.39 is 0 Å². The van der Waals surface area contributed by atoms with Crippen molar-refractivity contribution in [3.8, 4) is 22.5 Å². The number of hydrogen-bond donors (Lipinski definition) is 1. The number of H-pyrrole nitrogens is 1. The monoisotopic (exact) mass is 478 g/mol. The number of halogens is 1. The molecule has 0 radical (unpaired) electrons. The quantitative estimate of drug-likeness (QED) is 0.365. The number of rotatable bonds is 8. The van der Waals surface area contributed by atoms with Gasteiger partial charge in [-0.3, -0.25) is 4.79 Å². The molecule has 2 heterocycles. The molecular weight excluding hydrogens is 456 g/mol. The van der Waals surface area contributed by atoms with Crippen LogP contribution in [0.1, 0.15) is 47.8 Å². The molecule has 0 amide bonds. The summed E-state index contributed by atoms with van der Waals surface area (Å²) in [7, 11) is 0. The lowest BCUT2D eigenvalue weighted by Gasteiger charge is -2.13. The predicted octanol–water partition coefficient (Wildman–Crippen LogP) is 4.87. The van der Waals surface area contributed by atoms with Crippen LogP contribution in [0.4, 0.5) is 0 Å². The number of aryl methyl sites for hydroxylation is 2. The molecule has 2 aromatic carbocycles. The van der Waals surface area contributed by atoms with Gasteiger partial charge in [0.15, 0.2) is 6.29 Å². The fourth-order valence-electron chi connectivity index (χ4n) is 3.77.